The maximum atomic E-state index is 12.8. The van der Waals surface area contributed by atoms with Crippen LogP contribution in [0.25, 0.3) is 11.4 Å². The molecule has 0 aliphatic carbocycles. The van der Waals surface area contributed by atoms with Gasteiger partial charge in [0.25, 0.3) is 0 Å². The average molecular weight is 606 g/mol. The Kier molecular flexibility index (Phi) is 8.35. The van der Waals surface area contributed by atoms with Crippen molar-refractivity contribution < 1.29 is 33.3 Å². The fourth-order valence-electron chi connectivity index (χ4n) is 4.76. The first-order valence-electron chi connectivity index (χ1n) is 14.5. The number of morpholine rings is 2. The van der Waals surface area contributed by atoms with E-state index in [1.54, 1.807) is 51.1 Å². The van der Waals surface area contributed by atoms with Gasteiger partial charge in [0, 0.05) is 49.2 Å². The van der Waals surface area contributed by atoms with Gasteiger partial charge in [-0.05, 0) is 57.2 Å². The van der Waals surface area contributed by atoms with Gasteiger partial charge in [0.15, 0.2) is 17.3 Å². The highest BCUT2D eigenvalue weighted by atomic mass is 16.7. The van der Waals surface area contributed by atoms with E-state index in [-0.39, 0.29) is 0 Å². The van der Waals surface area contributed by atoms with Crippen LogP contribution in [0.15, 0.2) is 42.5 Å². The third-order valence-electron chi connectivity index (χ3n) is 6.87. The van der Waals surface area contributed by atoms with Crippen molar-refractivity contribution in [3.8, 4) is 22.9 Å². The smallest absolute Gasteiger partial charge is 0.390 e. The van der Waals surface area contributed by atoms with E-state index in [0.717, 1.165) is 5.56 Å². The minimum atomic E-state index is -1.20. The lowest BCUT2D eigenvalue weighted by molar-refractivity contribution is -0.173. The Labute approximate surface area is 254 Å². The van der Waals surface area contributed by atoms with Crippen molar-refractivity contribution in [3.05, 3.63) is 42.5 Å². The second-order valence-electron chi connectivity index (χ2n) is 11.4. The molecular weight excluding hydrogens is 570 g/mol. The molecule has 1 atom stereocenters. The fraction of sp³-hybridized carbons (Fsp3) is 0.433. The number of benzene rings is 2. The van der Waals surface area contributed by atoms with Gasteiger partial charge in [-0.25, -0.2) is 9.59 Å². The van der Waals surface area contributed by atoms with Crippen molar-refractivity contribution in [2.24, 2.45) is 0 Å². The van der Waals surface area contributed by atoms with Crippen LogP contribution in [0.3, 0.4) is 0 Å². The lowest BCUT2D eigenvalue weighted by atomic mass is 10.2. The molecule has 2 saturated heterocycles. The number of ether oxygens (including phenoxy) is 5. The molecule has 2 fully saturated rings. The number of hydrogen-bond donors (Lipinski definition) is 2. The number of carbonyl (C=O) groups excluding carboxylic acids is 2. The number of anilines is 4. The molecular formula is C30H35N7O7. The topological polar surface area (TPSA) is 149 Å². The number of hydrogen-bond acceptors (Lipinski definition) is 12. The Morgan fingerprint density at radius 3 is 1.91 bits per heavy atom. The molecule has 2 amide bonds. The Bertz CT molecular complexity index is 1460. The molecule has 0 spiro atoms. The van der Waals surface area contributed by atoms with Crippen molar-refractivity contribution in [3.63, 3.8) is 0 Å². The number of aromatic nitrogens is 3. The minimum absolute atomic E-state index is 0.327. The third-order valence-corrected chi connectivity index (χ3v) is 6.87. The minimum Gasteiger partial charge on any atom is -0.454 e. The number of fused-ring (bicyclic) bond motifs is 1. The molecule has 0 bridgehead atoms. The molecule has 232 valence electrons. The molecule has 4 heterocycles. The number of urea groups is 1. The van der Waals surface area contributed by atoms with E-state index in [1.165, 1.54) is 0 Å². The monoisotopic (exact) mass is 605 g/mol. The molecule has 44 heavy (non-hydrogen) atoms. The summed E-state index contributed by atoms with van der Waals surface area (Å²) in [6.07, 6.45) is -1.20. The van der Waals surface area contributed by atoms with E-state index < -0.39 is 23.9 Å². The number of esters is 1. The summed E-state index contributed by atoms with van der Waals surface area (Å²) in [5.41, 5.74) is 1.15. The molecule has 14 nitrogen and oxygen atoms in total. The predicted molar refractivity (Wildman–Crippen MR) is 161 cm³/mol. The first kappa shape index (κ1) is 29.4. The average Bonchev–Trinajstić information content (AvgIpc) is 3.45. The number of amides is 2. The van der Waals surface area contributed by atoms with Crippen LogP contribution >= 0.6 is 0 Å². The van der Waals surface area contributed by atoms with Crippen LogP contribution in [-0.2, 0) is 19.0 Å². The number of nitrogens with one attached hydrogen (secondary N) is 2. The first-order valence-corrected chi connectivity index (χ1v) is 14.5. The van der Waals surface area contributed by atoms with Gasteiger partial charge in [-0.2, -0.15) is 15.0 Å². The highest BCUT2D eigenvalue weighted by Gasteiger charge is 2.35. The summed E-state index contributed by atoms with van der Waals surface area (Å²) in [5.74, 6) is 1.85. The van der Waals surface area contributed by atoms with E-state index in [9.17, 15) is 9.59 Å². The normalized spacial score (nSPS) is 18.1. The fourth-order valence-corrected chi connectivity index (χ4v) is 4.76. The highest BCUT2D eigenvalue weighted by Crippen LogP contribution is 2.37. The van der Waals surface area contributed by atoms with Crippen LogP contribution in [0.5, 0.6) is 11.5 Å². The van der Waals surface area contributed by atoms with E-state index in [1.807, 2.05) is 12.1 Å². The largest absolute Gasteiger partial charge is 0.454 e. The third kappa shape index (κ3) is 7.09. The Balaban J connectivity index is 1.11. The van der Waals surface area contributed by atoms with Crippen molar-refractivity contribution in [1.29, 1.82) is 0 Å². The summed E-state index contributed by atoms with van der Waals surface area (Å²) in [4.78, 5) is 43.6. The first-order chi connectivity index (χ1) is 21.2. The van der Waals surface area contributed by atoms with Crippen LogP contribution in [0.2, 0.25) is 0 Å². The van der Waals surface area contributed by atoms with Crippen molar-refractivity contribution >= 4 is 35.3 Å². The zero-order chi connectivity index (χ0) is 30.7. The highest BCUT2D eigenvalue weighted by molar-refractivity contribution is 6.00. The molecule has 0 radical (unpaired) electrons. The van der Waals surface area contributed by atoms with Crippen LogP contribution in [0, 0.1) is 0 Å². The molecule has 14 heteroatoms. The SMILES string of the molecule is CC(C)(C)OC(=O)C1Oc2ccc(NC(=O)Nc3ccc(-c4nc(N5CCOCC5)nc(N5CCOCC5)n4)cc3)cc2O1. The van der Waals surface area contributed by atoms with E-state index in [4.69, 9.17) is 38.6 Å². The lowest BCUT2D eigenvalue weighted by Gasteiger charge is -2.30. The van der Waals surface area contributed by atoms with Crippen LogP contribution in [0.1, 0.15) is 20.8 Å². The standard InChI is InChI=1S/C30H35N7O7/c1-30(2,3)44-25(38)26-42-22-9-8-21(18-23(22)43-26)32-29(39)31-20-6-4-19(5-7-20)24-33-27(36-10-14-40-15-11-36)35-28(34-24)37-12-16-41-17-13-37/h4-9,18,26H,10-17H2,1-3H3,(H2,31,32,39). The number of rotatable bonds is 6. The molecule has 6 rings (SSSR count). The van der Waals surface area contributed by atoms with Crippen molar-refractivity contribution in [2.75, 3.05) is 73.0 Å². The summed E-state index contributed by atoms with van der Waals surface area (Å²) >= 11 is 0. The van der Waals surface area contributed by atoms with Gasteiger partial charge in [0.05, 0.1) is 26.4 Å². The van der Waals surface area contributed by atoms with E-state index >= 15 is 0 Å². The summed E-state index contributed by atoms with van der Waals surface area (Å²) in [7, 11) is 0. The van der Waals surface area contributed by atoms with Crippen molar-refractivity contribution in [1.82, 2.24) is 15.0 Å². The molecule has 3 aliphatic rings. The quantitative estimate of drug-likeness (QED) is 0.397. The number of carbonyl (C=O) groups is 2. The Hall–Kier alpha value is -4.69. The van der Waals surface area contributed by atoms with Crippen LogP contribution in [0.4, 0.5) is 28.1 Å². The molecule has 3 aliphatic heterocycles. The number of nitrogens with zero attached hydrogens (tertiary/aromatic N) is 5. The lowest BCUT2D eigenvalue weighted by Crippen LogP contribution is -2.40. The van der Waals surface area contributed by atoms with E-state index in [0.29, 0.717) is 93.2 Å². The predicted octanol–water partition coefficient (Wildman–Crippen LogP) is 3.29. The second kappa shape index (κ2) is 12.5. The molecule has 2 N–H and O–H groups in total. The van der Waals surface area contributed by atoms with Gasteiger partial charge in [0.1, 0.15) is 5.60 Å². The van der Waals surface area contributed by atoms with Gasteiger partial charge < -0.3 is 44.1 Å². The maximum Gasteiger partial charge on any atom is 0.390 e. The van der Waals surface area contributed by atoms with E-state index in [2.05, 4.69) is 20.4 Å². The summed E-state index contributed by atoms with van der Waals surface area (Å²) in [6.45, 7) is 10.6. The molecule has 3 aromatic rings. The van der Waals surface area contributed by atoms with Gasteiger partial charge in [0.2, 0.25) is 11.9 Å². The zero-order valence-corrected chi connectivity index (χ0v) is 24.9. The molecule has 1 unspecified atom stereocenters. The molecule has 1 aromatic heterocycles. The summed E-state index contributed by atoms with van der Waals surface area (Å²) < 4.78 is 27.5. The maximum absolute atomic E-state index is 12.8. The zero-order valence-electron chi connectivity index (χ0n) is 24.9. The summed E-state index contributed by atoms with van der Waals surface area (Å²) in [5, 5.41) is 5.59. The van der Waals surface area contributed by atoms with Crippen LogP contribution in [-0.4, -0.2) is 91.4 Å². The Morgan fingerprint density at radius 2 is 1.32 bits per heavy atom. The second-order valence-corrected chi connectivity index (χ2v) is 11.4. The molecule has 0 saturated carbocycles. The van der Waals surface area contributed by atoms with Gasteiger partial charge in [-0.1, -0.05) is 0 Å². The summed E-state index contributed by atoms with van der Waals surface area (Å²) in [6, 6.07) is 11.7. The Morgan fingerprint density at radius 1 is 0.773 bits per heavy atom. The van der Waals surface area contributed by atoms with Crippen LogP contribution < -0.4 is 29.9 Å². The molecule has 2 aromatic carbocycles. The van der Waals surface area contributed by atoms with Gasteiger partial charge in [-0.15, -0.1) is 0 Å². The van der Waals surface area contributed by atoms with Crippen molar-refractivity contribution in [2.45, 2.75) is 32.7 Å². The van der Waals surface area contributed by atoms with Gasteiger partial charge in [-0.3, -0.25) is 0 Å². The van der Waals surface area contributed by atoms with Gasteiger partial charge >= 0.3 is 18.3 Å².